The second-order valence-electron chi connectivity index (χ2n) is 5.85. The predicted octanol–water partition coefficient (Wildman–Crippen LogP) is 3.76. The van der Waals surface area contributed by atoms with Gasteiger partial charge in [-0.25, -0.2) is 0 Å². The van der Waals surface area contributed by atoms with Crippen LogP contribution in [-0.2, 0) is 4.79 Å². The van der Waals surface area contributed by atoms with E-state index in [9.17, 15) is 4.79 Å². The van der Waals surface area contributed by atoms with E-state index < -0.39 is 6.10 Å². The Bertz CT molecular complexity index is 765. The van der Waals surface area contributed by atoms with Gasteiger partial charge in [0.1, 0.15) is 19.0 Å². The van der Waals surface area contributed by atoms with Crippen LogP contribution in [0.5, 0.6) is 17.2 Å². The molecular formula is C19H20ClNO4. The molecule has 2 atom stereocenters. The van der Waals surface area contributed by atoms with Crippen molar-refractivity contribution in [3.63, 3.8) is 0 Å². The number of carbonyl (C=O) groups is 1. The average Bonchev–Trinajstić information content (AvgIpc) is 2.61. The summed E-state index contributed by atoms with van der Waals surface area (Å²) in [6, 6.07) is 12.5. The van der Waals surface area contributed by atoms with Crippen LogP contribution < -0.4 is 19.5 Å². The van der Waals surface area contributed by atoms with Crippen molar-refractivity contribution in [3.8, 4) is 17.2 Å². The second-order valence-corrected chi connectivity index (χ2v) is 6.29. The number of carbonyl (C=O) groups excluding carboxylic acids is 1. The Labute approximate surface area is 151 Å². The molecule has 6 heteroatoms. The third-order valence-corrected chi connectivity index (χ3v) is 4.14. The number of ether oxygens (including phenoxy) is 3. The fourth-order valence-corrected chi connectivity index (χ4v) is 2.72. The van der Waals surface area contributed by atoms with Crippen LogP contribution in [0, 0.1) is 0 Å². The zero-order valence-corrected chi connectivity index (χ0v) is 14.9. The third kappa shape index (κ3) is 4.37. The van der Waals surface area contributed by atoms with Crippen LogP contribution in [0.3, 0.4) is 0 Å². The van der Waals surface area contributed by atoms with Crippen molar-refractivity contribution < 1.29 is 19.0 Å². The van der Waals surface area contributed by atoms with Crippen LogP contribution in [-0.4, -0.2) is 25.2 Å². The van der Waals surface area contributed by atoms with Gasteiger partial charge in [0.25, 0.3) is 5.91 Å². The molecule has 0 radical (unpaired) electrons. The first kappa shape index (κ1) is 17.4. The summed E-state index contributed by atoms with van der Waals surface area (Å²) >= 11 is 5.93. The highest BCUT2D eigenvalue weighted by Gasteiger charge is 2.19. The van der Waals surface area contributed by atoms with Crippen molar-refractivity contribution in [2.24, 2.45) is 0 Å². The van der Waals surface area contributed by atoms with E-state index in [0.717, 1.165) is 11.3 Å². The summed E-state index contributed by atoms with van der Waals surface area (Å²) in [7, 11) is 0. The number of benzene rings is 2. The smallest absolute Gasteiger partial charge is 0.261 e. The Hall–Kier alpha value is -2.40. The van der Waals surface area contributed by atoms with Gasteiger partial charge in [-0.2, -0.15) is 0 Å². The molecule has 5 nitrogen and oxygen atoms in total. The molecule has 1 N–H and O–H groups in total. The van der Waals surface area contributed by atoms with E-state index in [0.29, 0.717) is 29.7 Å². The molecule has 1 aliphatic rings. The number of amides is 1. The van der Waals surface area contributed by atoms with Gasteiger partial charge in [-0.05, 0) is 49.7 Å². The maximum atomic E-state index is 12.4. The van der Waals surface area contributed by atoms with E-state index in [1.54, 1.807) is 31.2 Å². The van der Waals surface area contributed by atoms with Crippen molar-refractivity contribution in [3.05, 3.63) is 53.1 Å². The van der Waals surface area contributed by atoms with Crippen molar-refractivity contribution >= 4 is 17.5 Å². The highest BCUT2D eigenvalue weighted by Crippen LogP contribution is 2.32. The first-order valence-corrected chi connectivity index (χ1v) is 8.53. The van der Waals surface area contributed by atoms with Gasteiger partial charge in [0.15, 0.2) is 17.6 Å². The van der Waals surface area contributed by atoms with Crippen molar-refractivity contribution in [1.29, 1.82) is 0 Å². The van der Waals surface area contributed by atoms with E-state index in [-0.39, 0.29) is 11.9 Å². The Morgan fingerprint density at radius 1 is 1.12 bits per heavy atom. The van der Waals surface area contributed by atoms with E-state index in [1.807, 2.05) is 25.1 Å². The zero-order chi connectivity index (χ0) is 17.8. The summed E-state index contributed by atoms with van der Waals surface area (Å²) in [6.45, 7) is 4.70. The maximum absolute atomic E-state index is 12.4. The van der Waals surface area contributed by atoms with Crippen LogP contribution in [0.4, 0.5) is 0 Å². The fraction of sp³-hybridized carbons (Fsp3) is 0.316. The molecule has 1 heterocycles. The summed E-state index contributed by atoms with van der Waals surface area (Å²) in [5, 5.41) is 3.51. The Balaban J connectivity index is 1.61. The molecule has 2 unspecified atom stereocenters. The first-order valence-electron chi connectivity index (χ1n) is 8.15. The Morgan fingerprint density at radius 2 is 1.88 bits per heavy atom. The van der Waals surface area contributed by atoms with Crippen LogP contribution in [0.1, 0.15) is 25.5 Å². The SMILES string of the molecule is CC(Oc1cccc(Cl)c1)C(=O)NC(C)c1ccc2c(c1)OCCO2. The lowest BCUT2D eigenvalue weighted by Crippen LogP contribution is -2.37. The fourth-order valence-electron chi connectivity index (χ4n) is 2.54. The van der Waals surface area contributed by atoms with E-state index in [1.165, 1.54) is 0 Å². The molecule has 2 aromatic carbocycles. The second kappa shape index (κ2) is 7.66. The number of fused-ring (bicyclic) bond motifs is 1. The molecule has 0 aromatic heterocycles. The molecular weight excluding hydrogens is 342 g/mol. The number of halogens is 1. The molecule has 2 aromatic rings. The summed E-state index contributed by atoms with van der Waals surface area (Å²) < 4.78 is 16.7. The minimum absolute atomic E-state index is 0.186. The molecule has 3 rings (SSSR count). The van der Waals surface area contributed by atoms with Gasteiger partial charge in [-0.3, -0.25) is 4.79 Å². The molecule has 0 spiro atoms. The average molecular weight is 362 g/mol. The van der Waals surface area contributed by atoms with E-state index >= 15 is 0 Å². The van der Waals surface area contributed by atoms with Crippen LogP contribution >= 0.6 is 11.6 Å². The van der Waals surface area contributed by atoms with Gasteiger partial charge in [0, 0.05) is 5.02 Å². The van der Waals surface area contributed by atoms with Gasteiger partial charge in [-0.15, -0.1) is 0 Å². The topological polar surface area (TPSA) is 56.8 Å². The molecule has 0 aliphatic carbocycles. The number of rotatable bonds is 5. The van der Waals surface area contributed by atoms with Crippen molar-refractivity contribution in [2.75, 3.05) is 13.2 Å². The molecule has 1 aliphatic heterocycles. The number of hydrogen-bond acceptors (Lipinski definition) is 4. The molecule has 0 bridgehead atoms. The van der Waals surface area contributed by atoms with Crippen molar-refractivity contribution in [1.82, 2.24) is 5.32 Å². The molecule has 1 amide bonds. The first-order chi connectivity index (χ1) is 12.0. The highest BCUT2D eigenvalue weighted by molar-refractivity contribution is 6.30. The molecule has 0 fully saturated rings. The minimum atomic E-state index is -0.641. The van der Waals surface area contributed by atoms with Crippen molar-refractivity contribution in [2.45, 2.75) is 26.0 Å². The summed E-state index contributed by atoms with van der Waals surface area (Å²) in [5.41, 5.74) is 0.938. The van der Waals surface area contributed by atoms with Gasteiger partial charge >= 0.3 is 0 Å². The Kier molecular flexibility index (Phi) is 5.34. The van der Waals surface area contributed by atoms with Crippen LogP contribution in [0.15, 0.2) is 42.5 Å². The maximum Gasteiger partial charge on any atom is 0.261 e. The summed E-state index contributed by atoms with van der Waals surface area (Å²) in [4.78, 5) is 12.4. The normalized spacial score (nSPS) is 15.2. The lowest BCUT2D eigenvalue weighted by molar-refractivity contribution is -0.127. The van der Waals surface area contributed by atoms with Gasteiger partial charge in [-0.1, -0.05) is 23.7 Å². The monoisotopic (exact) mass is 361 g/mol. The summed E-state index contributed by atoms with van der Waals surface area (Å²) in [6.07, 6.45) is -0.641. The molecule has 132 valence electrons. The Morgan fingerprint density at radius 3 is 2.64 bits per heavy atom. The molecule has 0 saturated heterocycles. The quantitative estimate of drug-likeness (QED) is 0.881. The number of hydrogen-bond donors (Lipinski definition) is 1. The van der Waals surface area contributed by atoms with Gasteiger partial charge < -0.3 is 19.5 Å². The van der Waals surface area contributed by atoms with Gasteiger partial charge in [0.2, 0.25) is 0 Å². The van der Waals surface area contributed by atoms with Crippen LogP contribution in [0.2, 0.25) is 5.02 Å². The zero-order valence-electron chi connectivity index (χ0n) is 14.1. The van der Waals surface area contributed by atoms with Crippen LogP contribution in [0.25, 0.3) is 0 Å². The van der Waals surface area contributed by atoms with E-state index in [4.69, 9.17) is 25.8 Å². The molecule has 0 saturated carbocycles. The lowest BCUT2D eigenvalue weighted by Gasteiger charge is -2.22. The highest BCUT2D eigenvalue weighted by atomic mass is 35.5. The summed E-state index contributed by atoms with van der Waals surface area (Å²) in [5.74, 6) is 1.78. The standard InChI is InChI=1S/C19H20ClNO4/c1-12(14-6-7-17-18(10-14)24-9-8-23-17)21-19(22)13(2)25-16-5-3-4-15(20)11-16/h3-7,10-13H,8-9H2,1-2H3,(H,21,22). The minimum Gasteiger partial charge on any atom is -0.486 e. The lowest BCUT2D eigenvalue weighted by atomic mass is 10.1. The largest absolute Gasteiger partial charge is 0.486 e. The van der Waals surface area contributed by atoms with Gasteiger partial charge in [0.05, 0.1) is 6.04 Å². The predicted molar refractivity (Wildman–Crippen MR) is 95.5 cm³/mol. The molecule has 25 heavy (non-hydrogen) atoms. The van der Waals surface area contributed by atoms with E-state index in [2.05, 4.69) is 5.32 Å². The third-order valence-electron chi connectivity index (χ3n) is 3.90. The number of nitrogens with one attached hydrogen (secondary N) is 1.